The molecule has 0 saturated carbocycles. The average Bonchev–Trinajstić information content (AvgIpc) is 2.50. The van der Waals surface area contributed by atoms with Crippen molar-refractivity contribution in [2.75, 3.05) is 26.4 Å². The summed E-state index contributed by atoms with van der Waals surface area (Å²) < 4.78 is 22.2. The van der Waals surface area contributed by atoms with Crippen LogP contribution in [0.3, 0.4) is 0 Å². The second-order valence-corrected chi connectivity index (χ2v) is 4.51. The topological polar surface area (TPSA) is 77.4 Å². The molecule has 1 aliphatic heterocycles. The molecule has 1 heterocycles. The Morgan fingerprint density at radius 1 is 0.857 bits per heavy atom. The highest BCUT2D eigenvalue weighted by Gasteiger charge is 2.47. The molecule has 1 aliphatic rings. The van der Waals surface area contributed by atoms with Crippen LogP contribution in [0.2, 0.25) is 0 Å². The first-order valence-corrected chi connectivity index (χ1v) is 6.81. The van der Waals surface area contributed by atoms with Gasteiger partial charge in [0.1, 0.15) is 24.4 Å². The van der Waals surface area contributed by atoms with Gasteiger partial charge < -0.3 is 29.2 Å². The molecule has 1 saturated heterocycles. The summed E-state index contributed by atoms with van der Waals surface area (Å²) in [5.74, 6) is 0. The molecule has 21 heavy (non-hydrogen) atoms. The van der Waals surface area contributed by atoms with Crippen LogP contribution in [0.15, 0.2) is 38.0 Å². The monoisotopic (exact) mass is 300 g/mol. The Balaban J connectivity index is 2.90. The van der Waals surface area contributed by atoms with Gasteiger partial charge in [-0.05, 0) is 0 Å². The minimum Gasteiger partial charge on any atom is -0.394 e. The molecule has 0 bridgehead atoms. The molecule has 0 aliphatic carbocycles. The van der Waals surface area contributed by atoms with Crippen LogP contribution in [0.1, 0.15) is 0 Å². The van der Waals surface area contributed by atoms with E-state index in [1.54, 1.807) is 18.2 Å². The third-order valence-corrected chi connectivity index (χ3v) is 3.01. The molecular formula is C15H24O6. The van der Waals surface area contributed by atoms with Crippen molar-refractivity contribution in [2.24, 2.45) is 0 Å². The zero-order chi connectivity index (χ0) is 15.7. The summed E-state index contributed by atoms with van der Waals surface area (Å²) in [6.07, 6.45) is 0.859. The molecule has 0 spiro atoms. The number of ether oxygens (including phenoxy) is 4. The molecule has 6 nitrogen and oxygen atoms in total. The number of hydrogen-bond acceptors (Lipinski definition) is 6. The van der Waals surface area contributed by atoms with Crippen LogP contribution < -0.4 is 0 Å². The maximum atomic E-state index is 10.0. The Morgan fingerprint density at radius 2 is 1.33 bits per heavy atom. The second kappa shape index (κ2) is 9.83. The normalized spacial score (nSPS) is 32.6. The molecule has 2 N–H and O–H groups in total. The summed E-state index contributed by atoms with van der Waals surface area (Å²) in [4.78, 5) is 0. The fraction of sp³-hybridized carbons (Fsp3) is 0.600. The highest BCUT2D eigenvalue weighted by molar-refractivity contribution is 4.93. The van der Waals surface area contributed by atoms with Crippen molar-refractivity contribution in [3.63, 3.8) is 0 Å². The van der Waals surface area contributed by atoms with Crippen LogP contribution in [0, 0.1) is 0 Å². The lowest BCUT2D eigenvalue weighted by Gasteiger charge is -2.43. The molecule has 0 aromatic rings. The van der Waals surface area contributed by atoms with Crippen molar-refractivity contribution in [1.29, 1.82) is 0 Å². The van der Waals surface area contributed by atoms with Crippen molar-refractivity contribution in [1.82, 2.24) is 0 Å². The van der Waals surface area contributed by atoms with Gasteiger partial charge in [0.15, 0.2) is 6.29 Å². The maximum absolute atomic E-state index is 10.0. The van der Waals surface area contributed by atoms with Crippen molar-refractivity contribution in [3.05, 3.63) is 38.0 Å². The summed E-state index contributed by atoms with van der Waals surface area (Å²) in [6, 6.07) is 0. The molecule has 0 radical (unpaired) electrons. The molecular weight excluding hydrogens is 276 g/mol. The molecule has 0 aromatic heterocycles. The smallest absolute Gasteiger partial charge is 0.184 e. The first kappa shape index (κ1) is 18.0. The van der Waals surface area contributed by atoms with Gasteiger partial charge in [0.2, 0.25) is 0 Å². The molecule has 1 fully saturated rings. The molecule has 0 amide bonds. The third kappa shape index (κ3) is 5.03. The standard InChI is InChI=1S/C15H24O6/c1-4-7-18-12-11(10-16)21-15(17)14(20-9-6-3)13(12)19-8-5-2/h4-6,11-17H,1-3,7-10H2/t11-,12-,13+,14-,15?/m1/s1. The summed E-state index contributed by atoms with van der Waals surface area (Å²) in [5.41, 5.74) is 0. The van der Waals surface area contributed by atoms with E-state index in [2.05, 4.69) is 19.7 Å². The van der Waals surface area contributed by atoms with E-state index >= 15 is 0 Å². The molecule has 5 atom stereocenters. The fourth-order valence-corrected chi connectivity index (χ4v) is 2.15. The quantitative estimate of drug-likeness (QED) is 0.569. The van der Waals surface area contributed by atoms with E-state index in [0.717, 1.165) is 0 Å². The van der Waals surface area contributed by atoms with Crippen LogP contribution in [0.5, 0.6) is 0 Å². The Hall–Kier alpha value is -1.02. The molecule has 1 rings (SSSR count). The lowest BCUT2D eigenvalue weighted by atomic mass is 9.98. The molecule has 0 aromatic carbocycles. The largest absolute Gasteiger partial charge is 0.394 e. The highest BCUT2D eigenvalue weighted by atomic mass is 16.7. The number of rotatable bonds is 10. The van der Waals surface area contributed by atoms with Crippen LogP contribution >= 0.6 is 0 Å². The zero-order valence-corrected chi connectivity index (χ0v) is 12.1. The van der Waals surface area contributed by atoms with Crippen molar-refractivity contribution < 1.29 is 29.2 Å². The van der Waals surface area contributed by atoms with Gasteiger partial charge in [-0.1, -0.05) is 18.2 Å². The van der Waals surface area contributed by atoms with Crippen LogP contribution in [-0.2, 0) is 18.9 Å². The average molecular weight is 300 g/mol. The van der Waals surface area contributed by atoms with Gasteiger partial charge in [-0.2, -0.15) is 0 Å². The lowest BCUT2D eigenvalue weighted by Crippen LogP contribution is -2.61. The fourth-order valence-electron chi connectivity index (χ4n) is 2.15. The Bertz CT molecular complexity index is 332. The maximum Gasteiger partial charge on any atom is 0.184 e. The minimum absolute atomic E-state index is 0.233. The van der Waals surface area contributed by atoms with Crippen LogP contribution in [-0.4, -0.2) is 67.3 Å². The van der Waals surface area contributed by atoms with Gasteiger partial charge in [0, 0.05) is 0 Å². The van der Waals surface area contributed by atoms with E-state index in [1.165, 1.54) is 0 Å². The van der Waals surface area contributed by atoms with Crippen molar-refractivity contribution in [3.8, 4) is 0 Å². The molecule has 1 unspecified atom stereocenters. The first-order chi connectivity index (χ1) is 10.2. The summed E-state index contributed by atoms with van der Waals surface area (Å²) in [5, 5.41) is 19.4. The SMILES string of the molecule is C=CCO[C@H]1[C@H](OCC=C)[C@@H](OCC=C)C(O)O[C@@H]1CO. The number of hydrogen-bond donors (Lipinski definition) is 2. The van der Waals surface area contributed by atoms with Crippen molar-refractivity contribution >= 4 is 0 Å². The van der Waals surface area contributed by atoms with Gasteiger partial charge in [-0.15, -0.1) is 19.7 Å². The van der Waals surface area contributed by atoms with E-state index in [4.69, 9.17) is 18.9 Å². The van der Waals surface area contributed by atoms with Gasteiger partial charge in [-0.25, -0.2) is 0 Å². The summed E-state index contributed by atoms with van der Waals surface area (Å²) >= 11 is 0. The second-order valence-electron chi connectivity index (χ2n) is 4.51. The lowest BCUT2D eigenvalue weighted by molar-refractivity contribution is -0.306. The number of aliphatic hydroxyl groups is 2. The Morgan fingerprint density at radius 3 is 1.81 bits per heavy atom. The van der Waals surface area contributed by atoms with E-state index < -0.39 is 30.7 Å². The Kier molecular flexibility index (Phi) is 8.44. The molecule has 6 heteroatoms. The van der Waals surface area contributed by atoms with E-state index in [1.807, 2.05) is 0 Å². The van der Waals surface area contributed by atoms with Gasteiger partial charge >= 0.3 is 0 Å². The van der Waals surface area contributed by atoms with Gasteiger partial charge in [0.25, 0.3) is 0 Å². The van der Waals surface area contributed by atoms with Crippen LogP contribution in [0.25, 0.3) is 0 Å². The predicted octanol–water partition coefficient (Wildman–Crippen LogP) is 0.410. The summed E-state index contributed by atoms with van der Waals surface area (Å²) in [6.45, 7) is 11.2. The van der Waals surface area contributed by atoms with Gasteiger partial charge in [-0.3, -0.25) is 0 Å². The third-order valence-electron chi connectivity index (χ3n) is 3.01. The van der Waals surface area contributed by atoms with Crippen molar-refractivity contribution in [2.45, 2.75) is 30.7 Å². The van der Waals surface area contributed by atoms with E-state index in [9.17, 15) is 10.2 Å². The molecule has 120 valence electrons. The number of aliphatic hydroxyl groups excluding tert-OH is 2. The minimum atomic E-state index is -1.22. The highest BCUT2D eigenvalue weighted by Crippen LogP contribution is 2.27. The predicted molar refractivity (Wildman–Crippen MR) is 77.8 cm³/mol. The van der Waals surface area contributed by atoms with E-state index in [0.29, 0.717) is 0 Å². The summed E-state index contributed by atoms with van der Waals surface area (Å²) in [7, 11) is 0. The zero-order valence-electron chi connectivity index (χ0n) is 12.1. The Labute approximate surface area is 125 Å². The van der Waals surface area contributed by atoms with E-state index in [-0.39, 0.29) is 26.4 Å². The first-order valence-electron chi connectivity index (χ1n) is 6.81. The van der Waals surface area contributed by atoms with Gasteiger partial charge in [0.05, 0.1) is 26.4 Å². The van der Waals surface area contributed by atoms with Crippen LogP contribution in [0.4, 0.5) is 0 Å².